The van der Waals surface area contributed by atoms with E-state index in [4.69, 9.17) is 10.8 Å². The van der Waals surface area contributed by atoms with Gasteiger partial charge < -0.3 is 16.2 Å². The zero-order valence-corrected chi connectivity index (χ0v) is 13.9. The Hall–Kier alpha value is -1.40. The van der Waals surface area contributed by atoms with Gasteiger partial charge in [0, 0.05) is 10.9 Å². The highest BCUT2D eigenvalue weighted by Gasteiger charge is 2.19. The van der Waals surface area contributed by atoms with E-state index < -0.39 is 5.97 Å². The molecule has 1 rings (SSSR count). The molecule has 116 valence electrons. The third-order valence-corrected chi connectivity index (χ3v) is 3.83. The summed E-state index contributed by atoms with van der Waals surface area (Å²) in [4.78, 5) is 23.1. The molecule has 0 aliphatic rings. The number of carbonyl (C=O) groups excluding carboxylic acids is 1. The first-order valence-corrected chi connectivity index (χ1v) is 7.57. The molecule has 21 heavy (non-hydrogen) atoms. The monoisotopic (exact) mass is 356 g/mol. The molecule has 0 unspecified atom stereocenters. The minimum absolute atomic E-state index is 0.00100. The summed E-state index contributed by atoms with van der Waals surface area (Å²) in [6, 6.07) is 4.68. The Morgan fingerprint density at radius 2 is 2.00 bits per heavy atom. The summed E-state index contributed by atoms with van der Waals surface area (Å²) in [6.07, 6.45) is 1.88. The number of halogens is 1. The summed E-state index contributed by atoms with van der Waals surface area (Å²) in [7, 11) is 0. The number of carboxylic acids is 1. The van der Waals surface area contributed by atoms with Gasteiger partial charge in [0.1, 0.15) is 0 Å². The van der Waals surface area contributed by atoms with Crippen LogP contribution in [0.5, 0.6) is 0 Å². The molecule has 0 aliphatic heterocycles. The average molecular weight is 357 g/mol. The summed E-state index contributed by atoms with van der Waals surface area (Å²) < 4.78 is 0.714. The molecule has 1 amide bonds. The van der Waals surface area contributed by atoms with Crippen molar-refractivity contribution in [2.45, 2.75) is 33.1 Å². The number of aromatic carboxylic acids is 1. The Morgan fingerprint density at radius 3 is 2.57 bits per heavy atom. The second-order valence-corrected chi connectivity index (χ2v) is 6.66. The van der Waals surface area contributed by atoms with E-state index in [0.717, 1.165) is 6.42 Å². The fraction of sp³-hybridized carbons (Fsp3) is 0.467. The highest BCUT2D eigenvalue weighted by atomic mass is 79.9. The number of carbonyl (C=O) groups is 2. The van der Waals surface area contributed by atoms with Crippen LogP contribution in [0, 0.1) is 5.41 Å². The van der Waals surface area contributed by atoms with Crippen LogP contribution in [0.25, 0.3) is 0 Å². The first-order valence-electron chi connectivity index (χ1n) is 6.78. The largest absolute Gasteiger partial charge is 0.478 e. The Kier molecular flexibility index (Phi) is 6.36. The van der Waals surface area contributed by atoms with Gasteiger partial charge in [0.15, 0.2) is 0 Å². The van der Waals surface area contributed by atoms with Crippen LogP contribution in [0.3, 0.4) is 0 Å². The van der Waals surface area contributed by atoms with Crippen molar-refractivity contribution in [2.75, 3.05) is 11.9 Å². The van der Waals surface area contributed by atoms with E-state index in [1.807, 2.05) is 0 Å². The zero-order chi connectivity index (χ0) is 16.0. The van der Waals surface area contributed by atoms with Crippen molar-refractivity contribution < 1.29 is 14.7 Å². The van der Waals surface area contributed by atoms with Gasteiger partial charge in [-0.15, -0.1) is 0 Å². The van der Waals surface area contributed by atoms with E-state index in [9.17, 15) is 9.59 Å². The topological polar surface area (TPSA) is 92.4 Å². The lowest BCUT2D eigenvalue weighted by molar-refractivity contribution is -0.116. The van der Waals surface area contributed by atoms with Gasteiger partial charge in [-0.2, -0.15) is 0 Å². The molecule has 0 heterocycles. The smallest absolute Gasteiger partial charge is 0.337 e. The fourth-order valence-electron chi connectivity index (χ4n) is 1.99. The third-order valence-electron chi connectivity index (χ3n) is 3.34. The Labute approximate surface area is 133 Å². The summed E-state index contributed by atoms with van der Waals surface area (Å²) in [5, 5.41) is 11.8. The van der Waals surface area contributed by atoms with Gasteiger partial charge in [-0.25, -0.2) is 4.79 Å². The van der Waals surface area contributed by atoms with Crippen LogP contribution in [0.2, 0.25) is 0 Å². The lowest BCUT2D eigenvalue weighted by atomic mass is 9.84. The van der Waals surface area contributed by atoms with Gasteiger partial charge in [0.2, 0.25) is 5.91 Å². The van der Waals surface area contributed by atoms with Crippen molar-refractivity contribution in [3.05, 3.63) is 28.2 Å². The van der Waals surface area contributed by atoms with Crippen molar-refractivity contribution in [3.63, 3.8) is 0 Å². The quantitative estimate of drug-likeness (QED) is 0.699. The van der Waals surface area contributed by atoms with E-state index in [0.29, 0.717) is 29.5 Å². The lowest BCUT2D eigenvalue weighted by Crippen LogP contribution is -2.21. The lowest BCUT2D eigenvalue weighted by Gasteiger charge is -2.23. The predicted molar refractivity (Wildman–Crippen MR) is 86.4 cm³/mol. The molecule has 0 fully saturated rings. The Bertz CT molecular complexity index is 530. The van der Waals surface area contributed by atoms with Crippen molar-refractivity contribution in [3.8, 4) is 0 Å². The van der Waals surface area contributed by atoms with Crippen LogP contribution >= 0.6 is 15.9 Å². The Balaban J connectivity index is 2.71. The molecular formula is C15H21BrN2O3. The van der Waals surface area contributed by atoms with E-state index in [2.05, 4.69) is 35.1 Å². The maximum Gasteiger partial charge on any atom is 0.337 e. The first kappa shape index (κ1) is 17.7. The molecule has 1 aromatic rings. The van der Waals surface area contributed by atoms with Gasteiger partial charge >= 0.3 is 5.97 Å². The van der Waals surface area contributed by atoms with Gasteiger partial charge in [-0.1, -0.05) is 29.8 Å². The molecule has 0 saturated carbocycles. The van der Waals surface area contributed by atoms with E-state index >= 15 is 0 Å². The number of hydrogen-bond donors (Lipinski definition) is 3. The molecular weight excluding hydrogens is 336 g/mol. The van der Waals surface area contributed by atoms with Gasteiger partial charge in [-0.05, 0) is 43.0 Å². The SMILES string of the molecule is CC(C)(CCN)CCC(=O)Nc1cc(Br)ccc1C(=O)O. The number of rotatable bonds is 7. The molecule has 1 aromatic carbocycles. The third kappa shape index (κ3) is 5.85. The molecule has 0 aromatic heterocycles. The maximum absolute atomic E-state index is 12.0. The van der Waals surface area contributed by atoms with Crippen molar-refractivity contribution in [1.82, 2.24) is 0 Å². The van der Waals surface area contributed by atoms with E-state index in [1.54, 1.807) is 12.1 Å². The number of carboxylic acid groups (broad SMARTS) is 1. The number of anilines is 1. The second-order valence-electron chi connectivity index (χ2n) is 5.75. The number of nitrogens with two attached hydrogens (primary N) is 1. The molecule has 0 saturated heterocycles. The number of hydrogen-bond acceptors (Lipinski definition) is 3. The molecule has 0 radical (unpaired) electrons. The second kappa shape index (κ2) is 7.56. The summed E-state index contributed by atoms with van der Waals surface area (Å²) in [6.45, 7) is 4.72. The van der Waals surface area contributed by atoms with E-state index in [-0.39, 0.29) is 16.9 Å². The zero-order valence-electron chi connectivity index (χ0n) is 12.3. The number of benzene rings is 1. The van der Waals surface area contributed by atoms with Crippen LogP contribution in [0.4, 0.5) is 5.69 Å². The van der Waals surface area contributed by atoms with Crippen molar-refractivity contribution in [1.29, 1.82) is 0 Å². The molecule has 0 atom stereocenters. The molecule has 6 heteroatoms. The minimum Gasteiger partial charge on any atom is -0.478 e. The van der Waals surface area contributed by atoms with Gasteiger partial charge in [0.25, 0.3) is 0 Å². The highest BCUT2D eigenvalue weighted by molar-refractivity contribution is 9.10. The highest BCUT2D eigenvalue weighted by Crippen LogP contribution is 2.27. The van der Waals surface area contributed by atoms with Crippen LogP contribution < -0.4 is 11.1 Å². The first-order chi connectivity index (χ1) is 9.75. The summed E-state index contributed by atoms with van der Waals surface area (Å²) >= 11 is 3.27. The summed E-state index contributed by atoms with van der Waals surface area (Å²) in [5.41, 5.74) is 5.92. The van der Waals surface area contributed by atoms with Gasteiger partial charge in [-0.3, -0.25) is 4.79 Å². The fourth-order valence-corrected chi connectivity index (χ4v) is 2.35. The van der Waals surface area contributed by atoms with Crippen molar-refractivity contribution >= 4 is 33.5 Å². The van der Waals surface area contributed by atoms with Crippen LogP contribution in [-0.2, 0) is 4.79 Å². The number of amides is 1. The number of nitrogens with one attached hydrogen (secondary N) is 1. The minimum atomic E-state index is -1.07. The normalized spacial score (nSPS) is 11.2. The molecule has 0 spiro atoms. The van der Waals surface area contributed by atoms with Crippen LogP contribution in [-0.4, -0.2) is 23.5 Å². The Morgan fingerprint density at radius 1 is 1.33 bits per heavy atom. The molecule has 4 N–H and O–H groups in total. The maximum atomic E-state index is 12.0. The van der Waals surface area contributed by atoms with Gasteiger partial charge in [0.05, 0.1) is 11.3 Å². The van der Waals surface area contributed by atoms with E-state index in [1.165, 1.54) is 6.07 Å². The average Bonchev–Trinajstić information content (AvgIpc) is 2.36. The standard InChI is InChI=1S/C15H21BrN2O3/c1-15(2,7-8-17)6-5-13(19)18-12-9-10(16)3-4-11(12)14(20)21/h3-4,9H,5-8,17H2,1-2H3,(H,18,19)(H,20,21). The molecule has 5 nitrogen and oxygen atoms in total. The molecule has 0 aliphatic carbocycles. The predicted octanol–water partition coefficient (Wildman–Crippen LogP) is 3.24. The van der Waals surface area contributed by atoms with Crippen LogP contribution in [0.15, 0.2) is 22.7 Å². The summed E-state index contributed by atoms with van der Waals surface area (Å²) in [5.74, 6) is -1.26. The molecule has 0 bridgehead atoms. The van der Waals surface area contributed by atoms with Crippen LogP contribution in [0.1, 0.15) is 43.5 Å². The van der Waals surface area contributed by atoms with Crippen molar-refractivity contribution in [2.24, 2.45) is 11.1 Å².